The molecule has 4 nitrogen and oxygen atoms in total. The molecule has 0 spiro atoms. The number of nitrogens with zero attached hydrogens (tertiary/aromatic N) is 2. The van der Waals surface area contributed by atoms with E-state index in [1.165, 1.54) is 12.3 Å². The van der Waals surface area contributed by atoms with Gasteiger partial charge in [0.05, 0.1) is 18.1 Å². The van der Waals surface area contributed by atoms with Crippen LogP contribution in [0.1, 0.15) is 5.69 Å². The maximum absolute atomic E-state index is 14.1. The largest absolute Gasteiger partial charge is 0.434 e. The quantitative estimate of drug-likeness (QED) is 0.703. The number of fused-ring (bicyclic) bond motifs is 1. The molecule has 0 aliphatic carbocycles. The number of H-pyrrole nitrogens is 1. The van der Waals surface area contributed by atoms with Gasteiger partial charge in [0.2, 0.25) is 0 Å². The smallest absolute Gasteiger partial charge is 0.329 e. The predicted octanol–water partition coefficient (Wildman–Crippen LogP) is 3.14. The highest BCUT2D eigenvalue weighted by Gasteiger charge is 2.32. The maximum Gasteiger partial charge on any atom is 0.434 e. The summed E-state index contributed by atoms with van der Waals surface area (Å²) in [5.41, 5.74) is -1.69. The molecule has 0 unspecified atom stereocenters. The SMILES string of the molecule is O=c1[nH]ccc2cc(-c3cnc(C(F)(F)F)cn3)c(F)cc12. The average Bonchev–Trinajstić information content (AvgIpc) is 2.47. The number of benzene rings is 1. The van der Waals surface area contributed by atoms with Crippen LogP contribution >= 0.6 is 0 Å². The Morgan fingerprint density at radius 1 is 1.09 bits per heavy atom. The molecule has 0 aliphatic rings. The zero-order valence-corrected chi connectivity index (χ0v) is 10.8. The van der Waals surface area contributed by atoms with Crippen LogP contribution in [-0.2, 0) is 6.18 Å². The lowest BCUT2D eigenvalue weighted by Crippen LogP contribution is -2.08. The second-order valence-electron chi connectivity index (χ2n) is 4.51. The van der Waals surface area contributed by atoms with E-state index in [0.717, 1.165) is 12.3 Å². The fourth-order valence-corrected chi connectivity index (χ4v) is 2.02. The third-order valence-electron chi connectivity index (χ3n) is 3.08. The van der Waals surface area contributed by atoms with Gasteiger partial charge in [-0.25, -0.2) is 9.37 Å². The molecule has 0 bridgehead atoms. The third kappa shape index (κ3) is 2.43. The van der Waals surface area contributed by atoms with Gasteiger partial charge in [-0.15, -0.1) is 0 Å². The molecule has 112 valence electrons. The maximum atomic E-state index is 14.1. The molecule has 0 radical (unpaired) electrons. The lowest BCUT2D eigenvalue weighted by Gasteiger charge is -2.07. The summed E-state index contributed by atoms with van der Waals surface area (Å²) in [5.74, 6) is -0.766. The number of aromatic amines is 1. The van der Waals surface area contributed by atoms with Gasteiger partial charge < -0.3 is 4.98 Å². The van der Waals surface area contributed by atoms with E-state index < -0.39 is 23.2 Å². The van der Waals surface area contributed by atoms with Crippen LogP contribution in [0.4, 0.5) is 17.6 Å². The molecule has 0 saturated carbocycles. The van der Waals surface area contributed by atoms with Crippen LogP contribution in [0.15, 0.2) is 41.6 Å². The highest BCUT2D eigenvalue weighted by Crippen LogP contribution is 2.29. The zero-order chi connectivity index (χ0) is 15.9. The molecule has 8 heteroatoms. The average molecular weight is 309 g/mol. The minimum atomic E-state index is -4.61. The summed E-state index contributed by atoms with van der Waals surface area (Å²) in [7, 11) is 0. The fourth-order valence-electron chi connectivity index (χ4n) is 2.02. The Kier molecular flexibility index (Phi) is 3.16. The van der Waals surface area contributed by atoms with Crippen molar-refractivity contribution in [1.82, 2.24) is 15.0 Å². The molecule has 22 heavy (non-hydrogen) atoms. The molecule has 0 aliphatic heterocycles. The third-order valence-corrected chi connectivity index (χ3v) is 3.08. The number of halogens is 4. The van der Waals surface area contributed by atoms with Gasteiger partial charge >= 0.3 is 6.18 Å². The van der Waals surface area contributed by atoms with Crippen LogP contribution in [0.25, 0.3) is 22.0 Å². The van der Waals surface area contributed by atoms with E-state index >= 15 is 0 Å². The van der Waals surface area contributed by atoms with E-state index in [4.69, 9.17) is 0 Å². The van der Waals surface area contributed by atoms with Crippen LogP contribution in [0.3, 0.4) is 0 Å². The number of alkyl halides is 3. The van der Waals surface area contributed by atoms with Crippen LogP contribution in [-0.4, -0.2) is 15.0 Å². The fraction of sp³-hybridized carbons (Fsp3) is 0.0714. The summed E-state index contributed by atoms with van der Waals surface area (Å²) in [4.78, 5) is 20.8. The van der Waals surface area contributed by atoms with E-state index in [0.29, 0.717) is 11.6 Å². The normalized spacial score (nSPS) is 11.8. The summed E-state index contributed by atoms with van der Waals surface area (Å²) in [5, 5.41) is 0.588. The standard InChI is InChI=1S/C14H7F4N3O/c15-10-4-8-7(1-2-19-13(8)22)3-9(10)11-5-21-12(6-20-11)14(16,17)18/h1-6H,(H,19,22). The highest BCUT2D eigenvalue weighted by molar-refractivity contribution is 5.86. The first-order valence-corrected chi connectivity index (χ1v) is 6.07. The Labute approximate surface area is 120 Å². The van der Waals surface area contributed by atoms with Crippen molar-refractivity contribution in [3.05, 3.63) is 58.7 Å². The van der Waals surface area contributed by atoms with Crippen molar-refractivity contribution >= 4 is 10.8 Å². The minimum absolute atomic E-state index is 0.0284. The van der Waals surface area contributed by atoms with Gasteiger partial charge in [-0.05, 0) is 23.6 Å². The predicted molar refractivity (Wildman–Crippen MR) is 70.6 cm³/mol. The molecule has 0 fully saturated rings. The van der Waals surface area contributed by atoms with Gasteiger partial charge in [0.1, 0.15) is 5.82 Å². The zero-order valence-electron chi connectivity index (χ0n) is 10.8. The Bertz CT molecular complexity index is 901. The minimum Gasteiger partial charge on any atom is -0.329 e. The lowest BCUT2D eigenvalue weighted by molar-refractivity contribution is -0.141. The first kappa shape index (κ1) is 14.2. The Morgan fingerprint density at radius 2 is 1.86 bits per heavy atom. The molecule has 3 aromatic rings. The number of rotatable bonds is 1. The van der Waals surface area contributed by atoms with Crippen molar-refractivity contribution in [3.8, 4) is 11.3 Å². The molecule has 1 N–H and O–H groups in total. The van der Waals surface area contributed by atoms with Crippen molar-refractivity contribution in [2.75, 3.05) is 0 Å². The molecular formula is C14H7F4N3O. The van der Waals surface area contributed by atoms with E-state index in [2.05, 4.69) is 15.0 Å². The van der Waals surface area contributed by atoms with E-state index in [9.17, 15) is 22.4 Å². The number of hydrogen-bond donors (Lipinski definition) is 1. The molecule has 1 aromatic carbocycles. The van der Waals surface area contributed by atoms with Crippen molar-refractivity contribution < 1.29 is 17.6 Å². The second kappa shape index (κ2) is 4.90. The Morgan fingerprint density at radius 3 is 2.50 bits per heavy atom. The Hall–Kier alpha value is -2.77. The van der Waals surface area contributed by atoms with Crippen LogP contribution in [0, 0.1) is 5.82 Å². The molecule has 2 aromatic heterocycles. The summed E-state index contributed by atoms with van der Waals surface area (Å²) in [6.45, 7) is 0. The van der Waals surface area contributed by atoms with Crippen molar-refractivity contribution in [2.45, 2.75) is 6.18 Å². The second-order valence-corrected chi connectivity index (χ2v) is 4.51. The van der Waals surface area contributed by atoms with Crippen molar-refractivity contribution in [2.24, 2.45) is 0 Å². The monoisotopic (exact) mass is 309 g/mol. The van der Waals surface area contributed by atoms with Gasteiger partial charge in [-0.1, -0.05) is 0 Å². The number of hydrogen-bond acceptors (Lipinski definition) is 3. The first-order valence-electron chi connectivity index (χ1n) is 6.07. The van der Waals surface area contributed by atoms with Gasteiger partial charge in [-0.3, -0.25) is 9.78 Å². The number of nitrogens with one attached hydrogen (secondary N) is 1. The molecule has 3 rings (SSSR count). The van der Waals surface area contributed by atoms with Crippen LogP contribution < -0.4 is 5.56 Å². The van der Waals surface area contributed by atoms with E-state index in [-0.39, 0.29) is 16.6 Å². The van der Waals surface area contributed by atoms with Gasteiger partial charge in [0.25, 0.3) is 5.56 Å². The topological polar surface area (TPSA) is 58.6 Å². The van der Waals surface area contributed by atoms with Crippen molar-refractivity contribution in [1.29, 1.82) is 0 Å². The lowest BCUT2D eigenvalue weighted by atomic mass is 10.1. The van der Waals surface area contributed by atoms with Crippen LogP contribution in [0.5, 0.6) is 0 Å². The van der Waals surface area contributed by atoms with Crippen molar-refractivity contribution in [3.63, 3.8) is 0 Å². The molecular weight excluding hydrogens is 302 g/mol. The van der Waals surface area contributed by atoms with E-state index in [1.54, 1.807) is 6.07 Å². The summed E-state index contributed by atoms with van der Waals surface area (Å²) >= 11 is 0. The number of pyridine rings is 1. The molecule has 0 saturated heterocycles. The molecule has 2 heterocycles. The summed E-state index contributed by atoms with van der Waals surface area (Å²) < 4.78 is 51.4. The highest BCUT2D eigenvalue weighted by atomic mass is 19.4. The van der Waals surface area contributed by atoms with Gasteiger partial charge in [0.15, 0.2) is 5.69 Å². The van der Waals surface area contributed by atoms with Gasteiger partial charge in [-0.2, -0.15) is 13.2 Å². The van der Waals surface area contributed by atoms with Gasteiger partial charge in [0, 0.05) is 17.1 Å². The van der Waals surface area contributed by atoms with Crippen LogP contribution in [0.2, 0.25) is 0 Å². The molecule has 0 atom stereocenters. The van der Waals surface area contributed by atoms with E-state index in [1.807, 2.05) is 0 Å². The summed E-state index contributed by atoms with van der Waals surface area (Å²) in [6, 6.07) is 3.91. The first-order chi connectivity index (χ1) is 10.4. The number of aromatic nitrogens is 3. The molecule has 0 amide bonds. The summed E-state index contributed by atoms with van der Waals surface area (Å²) in [6.07, 6.45) is -1.83. The Balaban J connectivity index is 2.14.